The molecule has 2 atom stereocenters. The van der Waals surface area contributed by atoms with Crippen LogP contribution in [0.4, 0.5) is 0 Å². The van der Waals surface area contributed by atoms with Crippen LogP contribution in [0, 0.1) is 6.92 Å². The highest BCUT2D eigenvalue weighted by Crippen LogP contribution is 2.20. The van der Waals surface area contributed by atoms with Gasteiger partial charge in [-0.25, -0.2) is 9.97 Å². The zero-order valence-electron chi connectivity index (χ0n) is 8.19. The van der Waals surface area contributed by atoms with E-state index in [0.29, 0.717) is 5.25 Å². The van der Waals surface area contributed by atoms with Crippen molar-refractivity contribution < 1.29 is 0 Å². The van der Waals surface area contributed by atoms with Crippen molar-refractivity contribution in [3.63, 3.8) is 0 Å². The zero-order chi connectivity index (χ0) is 9.84. The van der Waals surface area contributed by atoms with Crippen molar-refractivity contribution in [2.45, 2.75) is 37.2 Å². The van der Waals surface area contributed by atoms with Gasteiger partial charge in [0.25, 0.3) is 0 Å². The molecule has 0 amide bonds. The van der Waals surface area contributed by atoms with E-state index < -0.39 is 0 Å². The number of aryl methyl sites for hydroxylation is 1. The second-order valence-corrected chi connectivity index (χ2v) is 4.57. The van der Waals surface area contributed by atoms with Gasteiger partial charge in [-0.15, -0.1) is 0 Å². The molecule has 2 unspecified atom stereocenters. The van der Waals surface area contributed by atoms with Gasteiger partial charge in [0.05, 0.1) is 0 Å². The molecule has 13 heavy (non-hydrogen) atoms. The molecule has 3 nitrogen and oxygen atoms in total. The summed E-state index contributed by atoms with van der Waals surface area (Å²) in [5.74, 6) is 0. The first kappa shape index (κ1) is 10.5. The predicted molar refractivity (Wildman–Crippen MR) is 55.7 cm³/mol. The smallest absolute Gasteiger partial charge is 0.187 e. The van der Waals surface area contributed by atoms with Gasteiger partial charge in [-0.1, -0.05) is 18.7 Å². The fourth-order valence-electron chi connectivity index (χ4n) is 0.715. The van der Waals surface area contributed by atoms with E-state index in [2.05, 4.69) is 16.9 Å². The van der Waals surface area contributed by atoms with Crippen LogP contribution in [0.1, 0.15) is 19.4 Å². The van der Waals surface area contributed by atoms with Crippen molar-refractivity contribution in [2.75, 3.05) is 0 Å². The first-order valence-corrected chi connectivity index (χ1v) is 5.18. The van der Waals surface area contributed by atoms with E-state index in [0.717, 1.165) is 10.7 Å². The second-order valence-electron chi connectivity index (χ2n) is 3.23. The average Bonchev–Trinajstić information content (AvgIpc) is 2.08. The first-order valence-electron chi connectivity index (χ1n) is 4.30. The summed E-state index contributed by atoms with van der Waals surface area (Å²) in [4.78, 5) is 8.39. The van der Waals surface area contributed by atoms with E-state index in [1.54, 1.807) is 11.8 Å². The standard InChI is InChI=1S/C9H15N3S/c1-6-4-11-9(12-5-6)13-8(3)7(2)10/h4-5,7-8H,10H2,1-3H3. The highest BCUT2D eigenvalue weighted by molar-refractivity contribution is 7.99. The lowest BCUT2D eigenvalue weighted by atomic mass is 10.3. The molecule has 1 heterocycles. The summed E-state index contributed by atoms with van der Waals surface area (Å²) in [5.41, 5.74) is 6.82. The van der Waals surface area contributed by atoms with Crippen molar-refractivity contribution in [2.24, 2.45) is 5.73 Å². The lowest BCUT2D eigenvalue weighted by molar-refractivity contribution is 0.727. The van der Waals surface area contributed by atoms with Crippen molar-refractivity contribution in [3.8, 4) is 0 Å². The molecule has 0 aromatic carbocycles. The predicted octanol–water partition coefficient (Wildman–Crippen LogP) is 1.61. The third-order valence-corrected chi connectivity index (χ3v) is 3.01. The highest BCUT2D eigenvalue weighted by atomic mass is 32.2. The molecule has 0 fully saturated rings. The van der Waals surface area contributed by atoms with Crippen LogP contribution in [-0.4, -0.2) is 21.3 Å². The number of nitrogens with two attached hydrogens (primary N) is 1. The largest absolute Gasteiger partial charge is 0.327 e. The third kappa shape index (κ3) is 3.32. The third-order valence-electron chi connectivity index (χ3n) is 1.79. The fraction of sp³-hybridized carbons (Fsp3) is 0.556. The molecule has 0 saturated carbocycles. The van der Waals surface area contributed by atoms with Gasteiger partial charge >= 0.3 is 0 Å². The van der Waals surface area contributed by atoms with E-state index in [4.69, 9.17) is 5.73 Å². The molecular weight excluding hydrogens is 182 g/mol. The van der Waals surface area contributed by atoms with Crippen molar-refractivity contribution in [1.29, 1.82) is 0 Å². The number of hydrogen-bond acceptors (Lipinski definition) is 4. The van der Waals surface area contributed by atoms with Gasteiger partial charge in [-0.05, 0) is 19.4 Å². The summed E-state index contributed by atoms with van der Waals surface area (Å²) in [6.45, 7) is 6.05. The average molecular weight is 197 g/mol. The van der Waals surface area contributed by atoms with Crippen molar-refractivity contribution in [3.05, 3.63) is 18.0 Å². The molecular formula is C9H15N3S. The molecule has 4 heteroatoms. The normalized spacial score (nSPS) is 15.4. The molecule has 0 aliphatic carbocycles. The van der Waals surface area contributed by atoms with Crippen LogP contribution in [0.5, 0.6) is 0 Å². The maximum absolute atomic E-state index is 5.74. The summed E-state index contributed by atoms with van der Waals surface area (Å²) in [5, 5.41) is 1.15. The second kappa shape index (κ2) is 4.58. The molecule has 1 rings (SSSR count). The number of hydrogen-bond donors (Lipinski definition) is 1. The maximum Gasteiger partial charge on any atom is 0.187 e. The minimum Gasteiger partial charge on any atom is -0.327 e. The molecule has 72 valence electrons. The number of rotatable bonds is 3. The van der Waals surface area contributed by atoms with E-state index in [1.807, 2.05) is 26.2 Å². The van der Waals surface area contributed by atoms with E-state index in [9.17, 15) is 0 Å². The summed E-state index contributed by atoms with van der Waals surface area (Å²) in [7, 11) is 0. The van der Waals surface area contributed by atoms with Crippen LogP contribution >= 0.6 is 11.8 Å². The molecule has 1 aromatic heterocycles. The van der Waals surface area contributed by atoms with Gasteiger partial charge in [0.15, 0.2) is 5.16 Å². The zero-order valence-corrected chi connectivity index (χ0v) is 9.01. The SMILES string of the molecule is Cc1cnc(SC(C)C(C)N)nc1. The summed E-state index contributed by atoms with van der Waals surface area (Å²) < 4.78 is 0. The van der Waals surface area contributed by atoms with E-state index in [-0.39, 0.29) is 6.04 Å². The molecule has 0 aliphatic heterocycles. The van der Waals surface area contributed by atoms with Gasteiger partial charge in [-0.3, -0.25) is 0 Å². The van der Waals surface area contributed by atoms with Gasteiger partial charge in [0.2, 0.25) is 0 Å². The Balaban J connectivity index is 2.59. The Bertz CT molecular complexity index is 258. The van der Waals surface area contributed by atoms with Crippen LogP contribution in [-0.2, 0) is 0 Å². The van der Waals surface area contributed by atoms with Crippen LogP contribution < -0.4 is 5.73 Å². The molecule has 0 aliphatic rings. The van der Waals surface area contributed by atoms with Gasteiger partial charge in [0, 0.05) is 23.7 Å². The number of thioether (sulfide) groups is 1. The summed E-state index contributed by atoms with van der Waals surface area (Å²) in [6.07, 6.45) is 3.65. The van der Waals surface area contributed by atoms with Crippen LogP contribution in [0.2, 0.25) is 0 Å². The minimum absolute atomic E-state index is 0.162. The molecule has 1 aromatic rings. The maximum atomic E-state index is 5.74. The van der Waals surface area contributed by atoms with Crippen LogP contribution in [0.25, 0.3) is 0 Å². The first-order chi connectivity index (χ1) is 6.09. The lowest BCUT2D eigenvalue weighted by Gasteiger charge is -2.13. The minimum atomic E-state index is 0.162. The molecule has 0 radical (unpaired) electrons. The summed E-state index contributed by atoms with van der Waals surface area (Å²) in [6, 6.07) is 0.162. The highest BCUT2D eigenvalue weighted by Gasteiger charge is 2.10. The fourth-order valence-corrected chi connectivity index (χ4v) is 1.49. The Kier molecular flexibility index (Phi) is 3.69. The number of nitrogens with zero attached hydrogens (tertiary/aromatic N) is 2. The summed E-state index contributed by atoms with van der Waals surface area (Å²) >= 11 is 1.61. The molecule has 0 spiro atoms. The van der Waals surface area contributed by atoms with Gasteiger partial charge < -0.3 is 5.73 Å². The lowest BCUT2D eigenvalue weighted by Crippen LogP contribution is -2.26. The Morgan fingerprint density at radius 2 is 1.85 bits per heavy atom. The van der Waals surface area contributed by atoms with Crippen molar-refractivity contribution >= 4 is 11.8 Å². The van der Waals surface area contributed by atoms with Crippen molar-refractivity contribution in [1.82, 2.24) is 9.97 Å². The van der Waals surface area contributed by atoms with Crippen LogP contribution in [0.3, 0.4) is 0 Å². The topological polar surface area (TPSA) is 51.8 Å². The monoisotopic (exact) mass is 197 g/mol. The quantitative estimate of drug-likeness (QED) is 0.591. The molecule has 0 bridgehead atoms. The van der Waals surface area contributed by atoms with Gasteiger partial charge in [0.1, 0.15) is 0 Å². The van der Waals surface area contributed by atoms with E-state index >= 15 is 0 Å². The Morgan fingerprint density at radius 3 is 2.31 bits per heavy atom. The Labute approximate surface area is 83.2 Å². The molecule has 0 saturated heterocycles. The Hall–Kier alpha value is -0.610. The number of aromatic nitrogens is 2. The van der Waals surface area contributed by atoms with E-state index in [1.165, 1.54) is 0 Å². The molecule has 2 N–H and O–H groups in total. The van der Waals surface area contributed by atoms with Crippen LogP contribution in [0.15, 0.2) is 17.6 Å². The van der Waals surface area contributed by atoms with Gasteiger partial charge in [-0.2, -0.15) is 0 Å². The Morgan fingerprint density at radius 1 is 1.31 bits per heavy atom.